The molecule has 29 N–H and O–H groups in total. The third kappa shape index (κ3) is 36.6. The normalized spacial score (nSPS) is 14.2. The number of primary amides is 2. The van der Waals surface area contributed by atoms with Crippen molar-refractivity contribution in [2.45, 2.75) is 184 Å². The lowest BCUT2D eigenvalue weighted by atomic mass is 9.86. The lowest BCUT2D eigenvalue weighted by Gasteiger charge is -2.29. The number of likely N-dealkylation sites (N-methyl/N-ethyl adjacent to an activating group) is 1. The molecule has 0 aliphatic carbocycles. The lowest BCUT2D eigenvalue weighted by molar-refractivity contribution is -0.137. The van der Waals surface area contributed by atoms with Crippen molar-refractivity contribution in [3.8, 4) is 5.75 Å². The van der Waals surface area contributed by atoms with Gasteiger partial charge in [0, 0.05) is 67.4 Å². The second kappa shape index (κ2) is 51.6. The van der Waals surface area contributed by atoms with Gasteiger partial charge in [-0.05, 0) is 111 Å². The molecule has 654 valence electrons. The van der Waals surface area contributed by atoms with E-state index in [1.807, 2.05) is 0 Å². The van der Waals surface area contributed by atoms with Gasteiger partial charge in [-0.15, -0.1) is 0 Å². The molecule has 0 bridgehead atoms. The minimum atomic E-state index is -1.99. The SMILES string of the molecule is CCN[C@H](Cc1ccc(O)cc1)C(=O)N[C@@H](Cc1ccccc1)C(=O)C[C@H](C(=O)N[C@@H](CC(N)=O)C(=O)N[C@@H](Cc1ccccc1)C(=O)NC(CNC(=N)N)C(=O)N[C@@H](CC(N)=O)C(=O)N[C@@H](CCc1ccccc1)C(=O)N[C@@H](CCCNC(=N)N)C(=O)N[C@H](C(=O)N[C@@H](Cc1ccccc1)C(=O)N[C@@H](CCCNC(=N)N)C(=O)I)[C@@H](C)O)C(C)C. The van der Waals surface area contributed by atoms with Gasteiger partial charge in [0.2, 0.25) is 74.7 Å². The van der Waals surface area contributed by atoms with E-state index in [2.05, 4.69) is 74.4 Å². The fraction of sp³-hybridized carbons (Fsp3) is 0.427. The first-order chi connectivity index (χ1) is 57.5. The number of guanidine groups is 3. The summed E-state index contributed by atoms with van der Waals surface area (Å²) in [6.07, 6.45) is -4.34. The topological polar surface area (TPSA) is 650 Å². The Hall–Kier alpha value is -12.7. The molecule has 38 nitrogen and oxygen atoms in total. The van der Waals surface area contributed by atoms with Gasteiger partial charge in [-0.25, -0.2) is 0 Å². The molecule has 5 aromatic carbocycles. The van der Waals surface area contributed by atoms with Crippen LogP contribution in [0.3, 0.4) is 0 Å². The zero-order valence-electron chi connectivity index (χ0n) is 67.8. The van der Waals surface area contributed by atoms with E-state index in [-0.39, 0.29) is 82.6 Å². The highest BCUT2D eigenvalue weighted by Gasteiger charge is 2.39. The van der Waals surface area contributed by atoms with Gasteiger partial charge in [0.25, 0.3) is 0 Å². The van der Waals surface area contributed by atoms with Gasteiger partial charge in [-0.1, -0.05) is 154 Å². The predicted octanol–water partition coefficient (Wildman–Crippen LogP) is -2.54. The van der Waals surface area contributed by atoms with Gasteiger partial charge in [0.1, 0.15) is 54.1 Å². The number of aliphatic hydroxyl groups is 1. The maximum Gasteiger partial charge on any atom is 0.245 e. The Morgan fingerprint density at radius 3 is 1.15 bits per heavy atom. The van der Waals surface area contributed by atoms with E-state index in [1.54, 1.807) is 154 Å². The van der Waals surface area contributed by atoms with E-state index < -0.39 is 203 Å². The summed E-state index contributed by atoms with van der Waals surface area (Å²) >= 11 is 1.52. The summed E-state index contributed by atoms with van der Waals surface area (Å²) in [6, 6.07) is 23.1. The Kier molecular flexibility index (Phi) is 42.2. The van der Waals surface area contributed by atoms with Crippen LogP contribution in [0.1, 0.15) is 107 Å². The molecule has 0 radical (unpaired) electrons. The zero-order valence-corrected chi connectivity index (χ0v) is 70.0. The minimum Gasteiger partial charge on any atom is -0.508 e. The molecular weight excluding hydrogens is 1680 g/mol. The van der Waals surface area contributed by atoms with Gasteiger partial charge in [0.05, 0.1) is 37.1 Å². The van der Waals surface area contributed by atoms with Crippen molar-refractivity contribution in [1.29, 1.82) is 16.2 Å². The van der Waals surface area contributed by atoms with Gasteiger partial charge < -0.3 is 113 Å². The second-order valence-corrected chi connectivity index (χ2v) is 30.3. The van der Waals surface area contributed by atoms with Crippen LogP contribution in [-0.4, -0.2) is 207 Å². The summed E-state index contributed by atoms with van der Waals surface area (Å²) in [5, 5.41) is 80.6. The number of halogens is 1. The molecule has 0 saturated heterocycles. The molecule has 0 heterocycles. The molecule has 0 aliphatic rings. The number of nitrogens with two attached hydrogens (primary N) is 5. The zero-order chi connectivity index (χ0) is 89.3. The summed E-state index contributed by atoms with van der Waals surface area (Å²) in [5.41, 5.74) is 31.1. The number of rotatable bonds is 53. The summed E-state index contributed by atoms with van der Waals surface area (Å²) < 4.78 is -0.452. The first-order valence-corrected chi connectivity index (χ1v) is 40.5. The van der Waals surface area contributed by atoms with Gasteiger partial charge in [-0.3, -0.25) is 83.4 Å². The Labute approximate surface area is 714 Å². The van der Waals surface area contributed by atoms with Gasteiger partial charge in [0.15, 0.2) is 23.7 Å². The summed E-state index contributed by atoms with van der Waals surface area (Å²) in [4.78, 5) is 199. The Bertz CT molecular complexity index is 4330. The number of amides is 12. The van der Waals surface area contributed by atoms with Crippen LogP contribution in [0.4, 0.5) is 0 Å². The van der Waals surface area contributed by atoms with Crippen molar-refractivity contribution >= 4 is 121 Å². The van der Waals surface area contributed by atoms with E-state index in [9.17, 15) is 77.3 Å². The molecule has 1 unspecified atom stereocenters. The molecule has 13 atom stereocenters. The number of carbonyl (C=O) groups is 14. The Balaban J connectivity index is 1.42. The summed E-state index contributed by atoms with van der Waals surface area (Å²) in [7, 11) is 0. The molecule has 0 spiro atoms. The lowest BCUT2D eigenvalue weighted by Crippen LogP contribution is -2.63. The number of benzene rings is 5. The molecule has 5 rings (SSSR count). The molecule has 12 amide bonds. The van der Waals surface area contributed by atoms with Crippen molar-refractivity contribution in [3.05, 3.63) is 173 Å². The van der Waals surface area contributed by atoms with Crippen molar-refractivity contribution in [3.63, 3.8) is 0 Å². The smallest absolute Gasteiger partial charge is 0.245 e. The number of phenolic OH excluding ortho intramolecular Hbond substituents is 1. The monoisotopic (exact) mass is 1790 g/mol. The van der Waals surface area contributed by atoms with Crippen molar-refractivity contribution in [2.24, 2.45) is 40.5 Å². The van der Waals surface area contributed by atoms with Crippen LogP contribution in [-0.2, 0) is 99.2 Å². The highest BCUT2D eigenvalue weighted by Crippen LogP contribution is 2.21. The highest BCUT2D eigenvalue weighted by molar-refractivity contribution is 14.1. The number of carbonyl (C=O) groups excluding carboxylic acids is 14. The van der Waals surface area contributed by atoms with Crippen LogP contribution in [0, 0.1) is 28.1 Å². The average molecular weight is 1790 g/mol. The number of nitrogens with one attached hydrogen (secondary N) is 17. The number of aryl methyl sites for hydroxylation is 1. The Morgan fingerprint density at radius 2 is 0.711 bits per heavy atom. The van der Waals surface area contributed by atoms with E-state index in [0.29, 0.717) is 40.8 Å². The van der Waals surface area contributed by atoms with E-state index >= 15 is 0 Å². The van der Waals surface area contributed by atoms with Gasteiger partial charge in [-0.2, -0.15) is 0 Å². The Morgan fingerprint density at radius 1 is 0.372 bits per heavy atom. The number of phenols is 1. The van der Waals surface area contributed by atoms with Crippen LogP contribution in [0.2, 0.25) is 0 Å². The summed E-state index contributed by atoms with van der Waals surface area (Å²) in [5.74, 6) is -16.3. The quantitative estimate of drug-likeness (QED) is 0.00627. The van der Waals surface area contributed by atoms with Crippen molar-refractivity contribution in [2.75, 3.05) is 26.2 Å². The third-order valence-electron chi connectivity index (χ3n) is 19.2. The standard InChI is InChI=1S/C82H113IN22O16/c1-5-92-59(39-52-30-33-53(107)34-31-52)73(115)99-58(38-49-22-12-7-13-23-49)65(108)42-54(46(2)3)70(112)100-62(43-66(84)109)77(119)101-60(40-50-24-14-8-15-25-50)75(117)104-64(45-95-82(90)91)78(120)102-63(44-67(85)110)76(118)98-57(35-32-48-20-10-6-11-21-48)71(113)97-56(29-19-37-94-81(88)89)72(114)105-68(47(4)106)79(121)103-61(41-51-26-16-9-17-27-51)74(116)96-55(69(83)111)28-18-36-93-80(86)87/h6-17,20-27,30-31,33-34,46-47,54-64,68,92,106-107H,5,18-19,28-29,32,35-45H2,1-4H3,(H2,84,109)(H2,85,110)(H,96,116)(H,97,113)(H,98,118)(H,99,115)(H,100,112)(H,101,119)(H,102,120)(H,103,121)(H,104,117)(H,105,114)(H4,86,87,93)(H4,88,89,94)(H4,90,91,95)/t47-,54+,55+,56+,57+,58+,59-,60+,61+,62+,63+,64?,68+/m1/s1. The molecule has 0 saturated carbocycles. The summed E-state index contributed by atoms with van der Waals surface area (Å²) in [6.45, 7) is 6.07. The van der Waals surface area contributed by atoms with Crippen molar-refractivity contribution in [1.82, 2.24) is 74.4 Å². The van der Waals surface area contributed by atoms with Gasteiger partial charge >= 0.3 is 0 Å². The van der Waals surface area contributed by atoms with E-state index in [0.717, 1.165) is 0 Å². The molecule has 39 heteroatoms. The first-order valence-electron chi connectivity index (χ1n) is 39.4. The molecular formula is C82H113IN22O16. The van der Waals surface area contributed by atoms with Crippen LogP contribution in [0.5, 0.6) is 5.75 Å². The number of hydrogen-bond acceptors (Lipinski definition) is 20. The van der Waals surface area contributed by atoms with E-state index in [4.69, 9.17) is 44.9 Å². The van der Waals surface area contributed by atoms with E-state index in [1.165, 1.54) is 41.6 Å². The molecule has 121 heavy (non-hydrogen) atoms. The first kappa shape index (κ1) is 98.9. The fourth-order valence-corrected chi connectivity index (χ4v) is 13.2. The number of ketones is 1. The van der Waals surface area contributed by atoms with Crippen molar-refractivity contribution < 1.29 is 77.3 Å². The molecule has 5 aromatic rings. The largest absolute Gasteiger partial charge is 0.508 e. The molecule has 0 aliphatic heterocycles. The van der Waals surface area contributed by atoms with Crippen LogP contribution < -0.4 is 103 Å². The maximum absolute atomic E-state index is 14.9. The van der Waals surface area contributed by atoms with Crippen LogP contribution in [0.15, 0.2) is 146 Å². The molecule has 0 fully saturated rings. The number of aromatic hydroxyl groups is 1. The fourth-order valence-electron chi connectivity index (χ4n) is 12.7. The second-order valence-electron chi connectivity index (χ2n) is 29.3. The molecule has 0 aromatic heterocycles. The highest BCUT2D eigenvalue weighted by atomic mass is 127. The maximum atomic E-state index is 14.9. The minimum absolute atomic E-state index is 0.00243. The predicted molar refractivity (Wildman–Crippen MR) is 458 cm³/mol. The number of Topliss-reactive ketones (excluding diaryl/α,β-unsaturated/α-hetero) is 1. The third-order valence-corrected chi connectivity index (χ3v) is 19.9. The average Bonchev–Trinajstić information content (AvgIpc) is 0.850. The number of aliphatic hydroxyl groups excluding tert-OH is 1. The number of hydrogen-bond donors (Lipinski definition) is 24. The van der Waals surface area contributed by atoms with Crippen LogP contribution in [0.25, 0.3) is 0 Å². The van der Waals surface area contributed by atoms with Crippen LogP contribution >= 0.6 is 22.6 Å².